The van der Waals surface area contributed by atoms with Crippen molar-refractivity contribution >= 4 is 0 Å². The molecule has 2 aromatic rings. The van der Waals surface area contributed by atoms with Gasteiger partial charge in [0.05, 0.1) is 5.69 Å². The molecular formula is C17H24N2O. The van der Waals surface area contributed by atoms with E-state index in [9.17, 15) is 4.79 Å². The molecule has 0 amide bonds. The average Bonchev–Trinajstić information content (AvgIpc) is 2.66. The quantitative estimate of drug-likeness (QED) is 0.884. The van der Waals surface area contributed by atoms with Crippen LogP contribution >= 0.6 is 0 Å². The summed E-state index contributed by atoms with van der Waals surface area (Å²) in [5.41, 5.74) is 3.85. The maximum atomic E-state index is 12.8. The molecular weight excluding hydrogens is 248 g/mol. The van der Waals surface area contributed by atoms with Crippen LogP contribution in [0.3, 0.4) is 0 Å². The van der Waals surface area contributed by atoms with Crippen molar-refractivity contribution in [1.82, 2.24) is 9.78 Å². The largest absolute Gasteiger partial charge is 0.294 e. The van der Waals surface area contributed by atoms with Crippen molar-refractivity contribution in [2.24, 2.45) is 0 Å². The van der Waals surface area contributed by atoms with Crippen LogP contribution in [0.25, 0.3) is 5.69 Å². The lowest BCUT2D eigenvalue weighted by Crippen LogP contribution is -2.25. The summed E-state index contributed by atoms with van der Waals surface area (Å²) in [7, 11) is 0. The number of aryl methyl sites for hydroxylation is 1. The lowest BCUT2D eigenvalue weighted by atomic mass is 9.85. The van der Waals surface area contributed by atoms with E-state index in [-0.39, 0.29) is 11.0 Å². The van der Waals surface area contributed by atoms with Crippen LogP contribution in [0.4, 0.5) is 0 Å². The predicted molar refractivity (Wildman–Crippen MR) is 83.9 cm³/mol. The number of rotatable bonds is 2. The van der Waals surface area contributed by atoms with Crippen molar-refractivity contribution in [3.8, 4) is 5.69 Å². The Morgan fingerprint density at radius 2 is 1.85 bits per heavy atom. The van der Waals surface area contributed by atoms with E-state index < -0.39 is 0 Å². The zero-order valence-corrected chi connectivity index (χ0v) is 13.2. The van der Waals surface area contributed by atoms with Gasteiger partial charge in [0.25, 0.3) is 5.56 Å². The van der Waals surface area contributed by atoms with E-state index in [4.69, 9.17) is 0 Å². The average molecular weight is 272 g/mol. The Balaban J connectivity index is 2.72. The van der Waals surface area contributed by atoms with E-state index in [2.05, 4.69) is 39.7 Å². The zero-order chi connectivity index (χ0) is 15.1. The van der Waals surface area contributed by atoms with Gasteiger partial charge in [-0.1, -0.05) is 46.8 Å². The van der Waals surface area contributed by atoms with Gasteiger partial charge >= 0.3 is 0 Å². The highest BCUT2D eigenvalue weighted by molar-refractivity contribution is 5.38. The Kier molecular flexibility index (Phi) is 3.63. The molecule has 1 heterocycles. The summed E-state index contributed by atoms with van der Waals surface area (Å²) in [5.74, 6) is 0.294. The third-order valence-electron chi connectivity index (χ3n) is 3.51. The van der Waals surface area contributed by atoms with Crippen LogP contribution in [0.5, 0.6) is 0 Å². The van der Waals surface area contributed by atoms with E-state index in [0.717, 1.165) is 22.5 Å². The highest BCUT2D eigenvalue weighted by Gasteiger charge is 2.27. The monoisotopic (exact) mass is 272 g/mol. The Morgan fingerprint density at radius 3 is 2.30 bits per heavy atom. The molecule has 0 aliphatic rings. The minimum absolute atomic E-state index is 0.0619. The van der Waals surface area contributed by atoms with E-state index in [1.807, 2.05) is 31.2 Å². The molecule has 0 fully saturated rings. The molecule has 20 heavy (non-hydrogen) atoms. The molecule has 0 aliphatic heterocycles. The van der Waals surface area contributed by atoms with Crippen LogP contribution in [0.15, 0.2) is 29.1 Å². The van der Waals surface area contributed by atoms with Crippen molar-refractivity contribution in [2.45, 2.75) is 52.9 Å². The smallest absolute Gasteiger partial charge is 0.275 e. The molecule has 3 nitrogen and oxygen atoms in total. The first kappa shape index (κ1) is 14.6. The maximum Gasteiger partial charge on any atom is 0.275 e. The Hall–Kier alpha value is -1.77. The standard InChI is InChI=1S/C17H24N2O/c1-11(2)15-14(17(4,5)6)16(20)19(18-15)13-9-7-8-12(3)10-13/h7-11,18H,1-6H3. The molecule has 0 unspecified atom stereocenters. The first-order valence-electron chi connectivity index (χ1n) is 7.14. The highest BCUT2D eigenvalue weighted by Crippen LogP contribution is 2.27. The molecule has 108 valence electrons. The van der Waals surface area contributed by atoms with Gasteiger partial charge in [0.2, 0.25) is 0 Å². The van der Waals surface area contributed by atoms with E-state index in [1.54, 1.807) is 4.68 Å². The van der Waals surface area contributed by atoms with Crippen LogP contribution in [-0.2, 0) is 5.41 Å². The molecule has 1 aromatic heterocycles. The normalized spacial score (nSPS) is 12.2. The van der Waals surface area contributed by atoms with Gasteiger partial charge in [-0.3, -0.25) is 9.89 Å². The predicted octanol–water partition coefficient (Wildman–Crippen LogP) is 3.89. The lowest BCUT2D eigenvalue weighted by molar-refractivity contribution is 0.572. The second-order valence-electron chi connectivity index (χ2n) is 6.78. The number of hydrogen-bond donors (Lipinski definition) is 1. The minimum Gasteiger partial charge on any atom is -0.294 e. The third kappa shape index (κ3) is 2.58. The number of nitrogens with one attached hydrogen (secondary N) is 1. The molecule has 0 spiro atoms. The molecule has 0 saturated heterocycles. The van der Waals surface area contributed by atoms with E-state index >= 15 is 0 Å². The first-order chi connectivity index (χ1) is 9.21. The molecule has 0 radical (unpaired) electrons. The van der Waals surface area contributed by atoms with Gasteiger partial charge in [0.1, 0.15) is 0 Å². The number of aromatic amines is 1. The number of H-pyrrole nitrogens is 1. The number of aromatic nitrogens is 2. The van der Waals surface area contributed by atoms with Crippen LogP contribution in [-0.4, -0.2) is 9.78 Å². The summed E-state index contributed by atoms with van der Waals surface area (Å²) in [6.45, 7) is 12.5. The van der Waals surface area contributed by atoms with Gasteiger partial charge in [-0.15, -0.1) is 0 Å². The van der Waals surface area contributed by atoms with Crippen molar-refractivity contribution in [1.29, 1.82) is 0 Å². The SMILES string of the molecule is Cc1cccc(-n2[nH]c(C(C)C)c(C(C)(C)C)c2=O)c1. The molecule has 0 atom stereocenters. The third-order valence-corrected chi connectivity index (χ3v) is 3.51. The van der Waals surface area contributed by atoms with E-state index in [1.165, 1.54) is 0 Å². The summed E-state index contributed by atoms with van der Waals surface area (Å²) in [6, 6.07) is 7.99. The van der Waals surface area contributed by atoms with E-state index in [0.29, 0.717) is 5.92 Å². The number of benzene rings is 1. The van der Waals surface area contributed by atoms with Crippen LogP contribution in [0, 0.1) is 6.92 Å². The van der Waals surface area contributed by atoms with Gasteiger partial charge in [0, 0.05) is 11.3 Å². The topological polar surface area (TPSA) is 37.8 Å². The Labute approximate surface area is 120 Å². The van der Waals surface area contributed by atoms with Gasteiger partial charge < -0.3 is 0 Å². The van der Waals surface area contributed by atoms with Crippen molar-refractivity contribution in [2.75, 3.05) is 0 Å². The summed E-state index contributed by atoms with van der Waals surface area (Å²) in [4.78, 5) is 12.8. The lowest BCUT2D eigenvalue weighted by Gasteiger charge is -2.18. The van der Waals surface area contributed by atoms with Crippen molar-refractivity contribution in [3.05, 3.63) is 51.4 Å². The summed E-state index contributed by atoms with van der Waals surface area (Å²) in [5, 5.41) is 3.30. The van der Waals surface area contributed by atoms with Gasteiger partial charge in [-0.05, 0) is 36.0 Å². The molecule has 3 heteroatoms. The molecule has 0 aliphatic carbocycles. The highest BCUT2D eigenvalue weighted by atomic mass is 16.1. The molecule has 1 aromatic carbocycles. The maximum absolute atomic E-state index is 12.8. The Bertz CT molecular complexity index is 669. The fraction of sp³-hybridized carbons (Fsp3) is 0.471. The fourth-order valence-electron chi connectivity index (χ4n) is 2.55. The summed E-state index contributed by atoms with van der Waals surface area (Å²) in [6.07, 6.45) is 0. The van der Waals surface area contributed by atoms with Crippen LogP contribution in [0.1, 0.15) is 57.4 Å². The number of nitrogens with zero attached hydrogens (tertiary/aromatic N) is 1. The van der Waals surface area contributed by atoms with Crippen LogP contribution in [0.2, 0.25) is 0 Å². The summed E-state index contributed by atoms with van der Waals surface area (Å²) >= 11 is 0. The number of hydrogen-bond acceptors (Lipinski definition) is 1. The van der Waals surface area contributed by atoms with Gasteiger partial charge in [-0.2, -0.15) is 0 Å². The van der Waals surface area contributed by atoms with Crippen LogP contribution < -0.4 is 5.56 Å². The minimum atomic E-state index is -0.164. The Morgan fingerprint density at radius 1 is 1.20 bits per heavy atom. The van der Waals surface area contributed by atoms with Crippen molar-refractivity contribution in [3.63, 3.8) is 0 Å². The molecule has 2 rings (SSSR count). The zero-order valence-electron chi connectivity index (χ0n) is 13.2. The molecule has 1 N–H and O–H groups in total. The van der Waals surface area contributed by atoms with Gasteiger partial charge in [-0.25, -0.2) is 4.68 Å². The molecule has 0 saturated carbocycles. The summed E-state index contributed by atoms with van der Waals surface area (Å²) < 4.78 is 1.67. The fourth-order valence-corrected chi connectivity index (χ4v) is 2.55. The first-order valence-corrected chi connectivity index (χ1v) is 7.14. The second kappa shape index (κ2) is 4.97. The van der Waals surface area contributed by atoms with Gasteiger partial charge in [0.15, 0.2) is 0 Å². The van der Waals surface area contributed by atoms with Crippen molar-refractivity contribution < 1.29 is 0 Å². The second-order valence-corrected chi connectivity index (χ2v) is 6.78. The molecule has 0 bridgehead atoms.